The van der Waals surface area contributed by atoms with E-state index in [1.165, 1.54) is 19.3 Å². The van der Waals surface area contributed by atoms with Crippen LogP contribution >= 0.6 is 0 Å². The van der Waals surface area contributed by atoms with E-state index in [0.29, 0.717) is 11.4 Å². The van der Waals surface area contributed by atoms with Crippen molar-refractivity contribution < 1.29 is 4.79 Å². The molecule has 3 N–H and O–H groups in total. The highest BCUT2D eigenvalue weighted by molar-refractivity contribution is 5.88. The minimum atomic E-state index is -0.202. The van der Waals surface area contributed by atoms with E-state index in [1.807, 2.05) is 18.2 Å². The van der Waals surface area contributed by atoms with Crippen LogP contribution in [0.2, 0.25) is 0 Å². The van der Waals surface area contributed by atoms with E-state index in [4.69, 9.17) is 5.26 Å². The van der Waals surface area contributed by atoms with Crippen molar-refractivity contribution in [3.63, 3.8) is 0 Å². The summed E-state index contributed by atoms with van der Waals surface area (Å²) in [6, 6.07) is 12.9. The van der Waals surface area contributed by atoms with Crippen LogP contribution in [0.15, 0.2) is 42.6 Å². The minimum absolute atomic E-state index is 0.202. The number of carbonyl (C=O) groups is 1. The summed E-state index contributed by atoms with van der Waals surface area (Å²) in [5.41, 5.74) is 2.30. The monoisotopic (exact) mass is 335 g/mol. The fourth-order valence-electron chi connectivity index (χ4n) is 2.92. The summed E-state index contributed by atoms with van der Waals surface area (Å²) in [6.45, 7) is 0. The van der Waals surface area contributed by atoms with Gasteiger partial charge in [0.1, 0.15) is 5.82 Å². The zero-order valence-electron chi connectivity index (χ0n) is 14.0. The molecule has 1 fully saturated rings. The lowest BCUT2D eigenvalue weighted by Gasteiger charge is -2.22. The Balaban J connectivity index is 1.52. The third-order valence-corrected chi connectivity index (χ3v) is 4.25. The average Bonchev–Trinajstić information content (AvgIpc) is 2.65. The highest BCUT2D eigenvalue weighted by Gasteiger charge is 2.15. The molecule has 0 aliphatic heterocycles. The molecule has 1 aliphatic rings. The number of aromatic nitrogens is 1. The van der Waals surface area contributed by atoms with Crippen LogP contribution in [-0.4, -0.2) is 17.1 Å². The van der Waals surface area contributed by atoms with Crippen LogP contribution in [0.1, 0.15) is 37.7 Å². The largest absolute Gasteiger partial charge is 0.354 e. The van der Waals surface area contributed by atoms with Crippen molar-refractivity contribution in [2.75, 3.05) is 10.6 Å². The van der Waals surface area contributed by atoms with Crippen molar-refractivity contribution in [1.29, 1.82) is 5.26 Å². The smallest absolute Gasteiger partial charge is 0.320 e. The maximum atomic E-state index is 12.0. The highest BCUT2D eigenvalue weighted by Crippen LogP contribution is 2.19. The lowest BCUT2D eigenvalue weighted by atomic mass is 9.96. The summed E-state index contributed by atoms with van der Waals surface area (Å²) >= 11 is 0. The van der Waals surface area contributed by atoms with Crippen molar-refractivity contribution in [3.05, 3.63) is 48.2 Å². The Morgan fingerprint density at radius 1 is 1.04 bits per heavy atom. The van der Waals surface area contributed by atoms with E-state index < -0.39 is 0 Å². The number of urea groups is 1. The van der Waals surface area contributed by atoms with Crippen molar-refractivity contribution in [3.8, 4) is 6.07 Å². The second kappa shape index (κ2) is 8.15. The molecule has 0 saturated heterocycles. The Labute approximate surface area is 147 Å². The molecule has 25 heavy (non-hydrogen) atoms. The van der Waals surface area contributed by atoms with Gasteiger partial charge in [0.2, 0.25) is 0 Å². The Morgan fingerprint density at radius 3 is 2.40 bits per heavy atom. The fourth-order valence-corrected chi connectivity index (χ4v) is 2.92. The lowest BCUT2D eigenvalue weighted by Crippen LogP contribution is -2.39. The van der Waals surface area contributed by atoms with Crippen molar-refractivity contribution in [1.82, 2.24) is 10.3 Å². The van der Waals surface area contributed by atoms with E-state index >= 15 is 0 Å². The SMILES string of the molecule is N#Cc1ccc(Nc2ccc(NC(=O)NC3CCCCC3)nc2)cc1. The highest BCUT2D eigenvalue weighted by atomic mass is 16.2. The number of anilines is 3. The molecule has 3 rings (SSSR count). The molecule has 2 amide bonds. The van der Waals surface area contributed by atoms with Gasteiger partial charge < -0.3 is 10.6 Å². The maximum Gasteiger partial charge on any atom is 0.320 e. The van der Waals surface area contributed by atoms with Gasteiger partial charge in [0.15, 0.2) is 0 Å². The molecule has 6 nitrogen and oxygen atoms in total. The van der Waals surface area contributed by atoms with Crippen LogP contribution < -0.4 is 16.0 Å². The standard InChI is InChI=1S/C19H21N5O/c20-12-14-6-8-16(9-7-14)22-17-10-11-18(21-13-17)24-19(25)23-15-4-2-1-3-5-15/h6-11,13,15,22H,1-5H2,(H2,21,23,24,25). The zero-order valence-corrected chi connectivity index (χ0v) is 14.0. The molecular formula is C19H21N5O. The van der Waals surface area contributed by atoms with Crippen LogP contribution in [0.3, 0.4) is 0 Å². The number of hydrogen-bond acceptors (Lipinski definition) is 4. The molecule has 6 heteroatoms. The van der Waals surface area contributed by atoms with Gasteiger partial charge in [0.25, 0.3) is 0 Å². The van der Waals surface area contributed by atoms with Crippen LogP contribution in [0, 0.1) is 11.3 Å². The number of nitrogens with one attached hydrogen (secondary N) is 3. The summed E-state index contributed by atoms with van der Waals surface area (Å²) in [5, 5.41) is 17.8. The molecule has 0 bridgehead atoms. The van der Waals surface area contributed by atoms with E-state index in [9.17, 15) is 4.79 Å². The molecule has 0 spiro atoms. The summed E-state index contributed by atoms with van der Waals surface area (Å²) < 4.78 is 0. The normalized spacial score (nSPS) is 14.4. The number of pyridine rings is 1. The molecule has 0 atom stereocenters. The minimum Gasteiger partial charge on any atom is -0.354 e. The molecule has 1 saturated carbocycles. The van der Waals surface area contributed by atoms with Crippen LogP contribution in [-0.2, 0) is 0 Å². The molecule has 1 heterocycles. The number of benzene rings is 1. The van der Waals surface area contributed by atoms with E-state index in [0.717, 1.165) is 24.2 Å². The number of amides is 2. The van der Waals surface area contributed by atoms with Gasteiger partial charge in [-0.2, -0.15) is 5.26 Å². The van der Waals surface area contributed by atoms with Crippen LogP contribution in [0.5, 0.6) is 0 Å². The quantitative estimate of drug-likeness (QED) is 0.783. The number of hydrogen-bond donors (Lipinski definition) is 3. The van der Waals surface area contributed by atoms with Crippen molar-refractivity contribution >= 4 is 23.2 Å². The van der Waals surface area contributed by atoms with Gasteiger partial charge in [-0.1, -0.05) is 19.3 Å². The van der Waals surface area contributed by atoms with Crippen molar-refractivity contribution in [2.45, 2.75) is 38.1 Å². The fraction of sp³-hybridized carbons (Fsp3) is 0.316. The van der Waals surface area contributed by atoms with Gasteiger partial charge in [-0.15, -0.1) is 0 Å². The molecule has 0 unspecified atom stereocenters. The van der Waals surface area contributed by atoms with Gasteiger partial charge >= 0.3 is 6.03 Å². The lowest BCUT2D eigenvalue weighted by molar-refractivity contribution is 0.244. The Hall–Kier alpha value is -3.07. The van der Waals surface area contributed by atoms with Crippen LogP contribution in [0.25, 0.3) is 0 Å². The second-order valence-corrected chi connectivity index (χ2v) is 6.18. The summed E-state index contributed by atoms with van der Waals surface area (Å²) in [7, 11) is 0. The third kappa shape index (κ3) is 4.95. The predicted molar refractivity (Wildman–Crippen MR) is 97.7 cm³/mol. The summed E-state index contributed by atoms with van der Waals surface area (Å²) in [6.07, 6.45) is 7.38. The van der Waals surface area contributed by atoms with Gasteiger partial charge in [-0.25, -0.2) is 9.78 Å². The number of nitrogens with zero attached hydrogens (tertiary/aromatic N) is 2. The molecular weight excluding hydrogens is 314 g/mol. The first-order chi connectivity index (χ1) is 12.2. The average molecular weight is 335 g/mol. The molecule has 1 aromatic heterocycles. The summed E-state index contributed by atoms with van der Waals surface area (Å²) in [4.78, 5) is 16.3. The Morgan fingerprint density at radius 2 is 1.76 bits per heavy atom. The molecule has 1 aliphatic carbocycles. The van der Waals surface area contributed by atoms with Gasteiger partial charge in [0.05, 0.1) is 23.5 Å². The molecule has 1 aromatic carbocycles. The van der Waals surface area contributed by atoms with Gasteiger partial charge in [0, 0.05) is 11.7 Å². The first-order valence-electron chi connectivity index (χ1n) is 8.54. The topological polar surface area (TPSA) is 89.8 Å². The third-order valence-electron chi connectivity index (χ3n) is 4.25. The number of rotatable bonds is 4. The second-order valence-electron chi connectivity index (χ2n) is 6.18. The van der Waals surface area contributed by atoms with Crippen molar-refractivity contribution in [2.24, 2.45) is 0 Å². The Kier molecular flexibility index (Phi) is 5.47. The van der Waals surface area contributed by atoms with E-state index in [-0.39, 0.29) is 12.1 Å². The first kappa shape index (κ1) is 16.8. The first-order valence-corrected chi connectivity index (χ1v) is 8.54. The predicted octanol–water partition coefficient (Wildman–Crippen LogP) is 4.15. The zero-order chi connectivity index (χ0) is 17.5. The number of carbonyl (C=O) groups excluding carboxylic acids is 1. The maximum absolute atomic E-state index is 12.0. The van der Waals surface area contributed by atoms with Crippen LogP contribution in [0.4, 0.5) is 22.0 Å². The van der Waals surface area contributed by atoms with Gasteiger partial charge in [-0.05, 0) is 49.2 Å². The van der Waals surface area contributed by atoms with Gasteiger partial charge in [-0.3, -0.25) is 5.32 Å². The Bertz CT molecular complexity index is 743. The van der Waals surface area contributed by atoms with E-state index in [1.54, 1.807) is 24.4 Å². The molecule has 2 aromatic rings. The van der Waals surface area contributed by atoms with E-state index in [2.05, 4.69) is 27.0 Å². The number of nitriles is 1. The molecule has 0 radical (unpaired) electrons. The molecule has 128 valence electrons. The summed E-state index contributed by atoms with van der Waals surface area (Å²) in [5.74, 6) is 0.513.